The fraction of sp³-hybridized carbons (Fsp3) is 0.538. The Kier molecular flexibility index (Phi) is 5.58. The van der Waals surface area contributed by atoms with E-state index in [-0.39, 0.29) is 11.9 Å². The molecule has 0 aromatic carbocycles. The Morgan fingerprint density at radius 2 is 2.17 bits per heavy atom. The van der Waals surface area contributed by atoms with Crippen LogP contribution in [0.15, 0.2) is 18.3 Å². The van der Waals surface area contributed by atoms with E-state index in [1.54, 1.807) is 12.3 Å². The molecular weight excluding hydrogens is 228 g/mol. The third-order valence-electron chi connectivity index (χ3n) is 2.40. The Morgan fingerprint density at radius 1 is 1.44 bits per heavy atom. The molecule has 0 aliphatic carbocycles. The first-order chi connectivity index (χ1) is 8.52. The molecule has 0 fully saturated rings. The third kappa shape index (κ3) is 4.71. The molecule has 0 bridgehead atoms. The Morgan fingerprint density at radius 3 is 2.67 bits per heavy atom. The van der Waals surface area contributed by atoms with Crippen LogP contribution >= 0.6 is 0 Å². The Labute approximate surface area is 109 Å². The minimum Gasteiger partial charge on any atom is -0.370 e. The van der Waals surface area contributed by atoms with Crippen LogP contribution in [0.25, 0.3) is 0 Å². The zero-order valence-corrected chi connectivity index (χ0v) is 11.5. The van der Waals surface area contributed by atoms with Crippen molar-refractivity contribution < 1.29 is 4.79 Å². The number of carbonyl (C=O) groups excluding carboxylic acids is 1. The summed E-state index contributed by atoms with van der Waals surface area (Å²) in [5.74, 6) is 0.704. The standard InChI is InChI=1S/C13H22N4O/c1-5-14-12-7-6-11(8-15-12)13(18)16-10(2)9-17(3)4/h6-8,10H,5,9H2,1-4H3,(H,14,15)(H,16,18). The predicted molar refractivity (Wildman–Crippen MR) is 73.9 cm³/mol. The SMILES string of the molecule is CCNc1ccc(C(=O)NC(C)CN(C)C)cn1. The molecule has 0 spiro atoms. The lowest BCUT2D eigenvalue weighted by Gasteiger charge is -2.18. The molecule has 1 amide bonds. The molecule has 1 aromatic rings. The van der Waals surface area contributed by atoms with Gasteiger partial charge in [-0.05, 0) is 40.1 Å². The van der Waals surface area contributed by atoms with Crippen LogP contribution in [0.3, 0.4) is 0 Å². The highest BCUT2D eigenvalue weighted by Gasteiger charge is 2.10. The molecule has 1 aromatic heterocycles. The first-order valence-corrected chi connectivity index (χ1v) is 6.18. The van der Waals surface area contributed by atoms with Gasteiger partial charge < -0.3 is 15.5 Å². The quantitative estimate of drug-likeness (QED) is 0.796. The number of pyridine rings is 1. The van der Waals surface area contributed by atoms with E-state index in [0.717, 1.165) is 18.9 Å². The van der Waals surface area contributed by atoms with Crippen LogP contribution in [0.1, 0.15) is 24.2 Å². The van der Waals surface area contributed by atoms with E-state index in [4.69, 9.17) is 0 Å². The summed E-state index contributed by atoms with van der Waals surface area (Å²) in [6.45, 7) is 5.62. The zero-order chi connectivity index (χ0) is 13.5. The lowest BCUT2D eigenvalue weighted by atomic mass is 10.2. The lowest BCUT2D eigenvalue weighted by Crippen LogP contribution is -2.39. The molecule has 1 heterocycles. The Balaban J connectivity index is 2.56. The van der Waals surface area contributed by atoms with Gasteiger partial charge in [-0.2, -0.15) is 0 Å². The monoisotopic (exact) mass is 250 g/mol. The van der Waals surface area contributed by atoms with Gasteiger partial charge in [0, 0.05) is 25.3 Å². The van der Waals surface area contributed by atoms with Gasteiger partial charge in [-0.15, -0.1) is 0 Å². The maximum absolute atomic E-state index is 11.9. The van der Waals surface area contributed by atoms with Crippen LogP contribution < -0.4 is 10.6 Å². The highest BCUT2D eigenvalue weighted by molar-refractivity contribution is 5.94. The van der Waals surface area contributed by atoms with Crippen molar-refractivity contribution in [1.82, 2.24) is 15.2 Å². The molecule has 100 valence electrons. The zero-order valence-electron chi connectivity index (χ0n) is 11.5. The van der Waals surface area contributed by atoms with E-state index >= 15 is 0 Å². The summed E-state index contributed by atoms with van der Waals surface area (Å²) in [7, 11) is 3.96. The number of hydrogen-bond acceptors (Lipinski definition) is 4. The van der Waals surface area contributed by atoms with Crippen LogP contribution in [-0.2, 0) is 0 Å². The van der Waals surface area contributed by atoms with Gasteiger partial charge >= 0.3 is 0 Å². The highest BCUT2D eigenvalue weighted by Crippen LogP contribution is 2.05. The van der Waals surface area contributed by atoms with Crippen molar-refractivity contribution in [2.24, 2.45) is 0 Å². The van der Waals surface area contributed by atoms with Gasteiger partial charge in [-0.25, -0.2) is 4.98 Å². The highest BCUT2D eigenvalue weighted by atomic mass is 16.1. The number of amides is 1. The molecule has 2 N–H and O–H groups in total. The van der Waals surface area contributed by atoms with E-state index in [1.807, 2.05) is 38.9 Å². The molecule has 0 radical (unpaired) electrons. The summed E-state index contributed by atoms with van der Waals surface area (Å²) in [6, 6.07) is 3.71. The largest absolute Gasteiger partial charge is 0.370 e. The molecule has 5 nitrogen and oxygen atoms in total. The van der Waals surface area contributed by atoms with Gasteiger partial charge in [0.1, 0.15) is 5.82 Å². The number of hydrogen-bond donors (Lipinski definition) is 2. The number of carbonyl (C=O) groups is 1. The van der Waals surface area contributed by atoms with E-state index < -0.39 is 0 Å². The smallest absolute Gasteiger partial charge is 0.253 e. The molecule has 1 rings (SSSR count). The van der Waals surface area contributed by atoms with Crippen LogP contribution in [0.5, 0.6) is 0 Å². The van der Waals surface area contributed by atoms with Crippen LogP contribution in [0.4, 0.5) is 5.82 Å². The summed E-state index contributed by atoms with van der Waals surface area (Å²) < 4.78 is 0. The van der Waals surface area contributed by atoms with E-state index in [0.29, 0.717) is 5.56 Å². The molecule has 0 saturated carbocycles. The topological polar surface area (TPSA) is 57.3 Å². The fourth-order valence-corrected chi connectivity index (χ4v) is 1.71. The lowest BCUT2D eigenvalue weighted by molar-refractivity contribution is 0.0934. The molecule has 1 unspecified atom stereocenters. The van der Waals surface area contributed by atoms with Crippen molar-refractivity contribution in [1.29, 1.82) is 0 Å². The second kappa shape index (κ2) is 6.96. The number of rotatable bonds is 6. The maximum Gasteiger partial charge on any atom is 0.253 e. The summed E-state index contributed by atoms with van der Waals surface area (Å²) in [4.78, 5) is 18.1. The van der Waals surface area contributed by atoms with Crippen molar-refractivity contribution in [3.05, 3.63) is 23.9 Å². The number of nitrogens with zero attached hydrogens (tertiary/aromatic N) is 2. The van der Waals surface area contributed by atoms with Crippen molar-refractivity contribution in [3.8, 4) is 0 Å². The first kappa shape index (κ1) is 14.4. The number of nitrogens with one attached hydrogen (secondary N) is 2. The average molecular weight is 250 g/mol. The van der Waals surface area contributed by atoms with Crippen LogP contribution in [0, 0.1) is 0 Å². The van der Waals surface area contributed by atoms with E-state index in [1.165, 1.54) is 0 Å². The number of likely N-dealkylation sites (N-methyl/N-ethyl adjacent to an activating group) is 1. The molecule has 0 aliphatic heterocycles. The second-order valence-electron chi connectivity index (χ2n) is 4.60. The third-order valence-corrected chi connectivity index (χ3v) is 2.40. The van der Waals surface area contributed by atoms with Crippen LogP contribution in [-0.4, -0.2) is 49.0 Å². The van der Waals surface area contributed by atoms with E-state index in [9.17, 15) is 4.79 Å². The second-order valence-corrected chi connectivity index (χ2v) is 4.60. The number of aromatic nitrogens is 1. The minimum absolute atomic E-state index is 0.0834. The van der Waals surface area contributed by atoms with E-state index in [2.05, 4.69) is 15.6 Å². The first-order valence-electron chi connectivity index (χ1n) is 6.18. The van der Waals surface area contributed by atoms with Crippen molar-refractivity contribution in [3.63, 3.8) is 0 Å². The molecule has 0 saturated heterocycles. The van der Waals surface area contributed by atoms with Gasteiger partial charge in [0.05, 0.1) is 5.56 Å². The van der Waals surface area contributed by atoms with Crippen LogP contribution in [0.2, 0.25) is 0 Å². The Bertz CT molecular complexity index is 375. The molecule has 18 heavy (non-hydrogen) atoms. The van der Waals surface area contributed by atoms with Gasteiger partial charge in [0.15, 0.2) is 0 Å². The van der Waals surface area contributed by atoms with Crippen molar-refractivity contribution >= 4 is 11.7 Å². The summed E-state index contributed by atoms with van der Waals surface area (Å²) in [6.07, 6.45) is 1.59. The molecular formula is C13H22N4O. The van der Waals surface area contributed by atoms with Gasteiger partial charge in [-0.3, -0.25) is 4.79 Å². The molecule has 0 aliphatic rings. The van der Waals surface area contributed by atoms with Gasteiger partial charge in [0.25, 0.3) is 5.91 Å². The summed E-state index contributed by atoms with van der Waals surface area (Å²) in [5, 5.41) is 6.03. The van der Waals surface area contributed by atoms with Gasteiger partial charge in [0.2, 0.25) is 0 Å². The maximum atomic E-state index is 11.9. The minimum atomic E-state index is -0.0834. The van der Waals surface area contributed by atoms with Crippen molar-refractivity contribution in [2.75, 3.05) is 32.5 Å². The summed E-state index contributed by atoms with van der Waals surface area (Å²) in [5.41, 5.74) is 0.585. The van der Waals surface area contributed by atoms with Crippen molar-refractivity contribution in [2.45, 2.75) is 19.9 Å². The summed E-state index contributed by atoms with van der Waals surface area (Å²) >= 11 is 0. The predicted octanol–water partition coefficient (Wildman–Crippen LogP) is 1.19. The average Bonchev–Trinajstić information content (AvgIpc) is 2.29. The Hall–Kier alpha value is -1.62. The normalized spacial score (nSPS) is 12.3. The molecule has 1 atom stereocenters. The fourth-order valence-electron chi connectivity index (χ4n) is 1.71. The number of anilines is 1. The molecule has 5 heteroatoms. The van der Waals surface area contributed by atoms with Gasteiger partial charge in [-0.1, -0.05) is 0 Å².